The Labute approximate surface area is 197 Å². The number of rotatable bonds is 7. The minimum absolute atomic E-state index is 0.453. The standard InChI is InChI=1S/C27H23N3O4/c1-33-23-15-11-22(12-16-23)29-26(31)27(32)30-28-17-19-9-13-24(14-10-19)34-18-21-7-4-6-20-5-2-3-8-25(20)21/h2-17H,18H2,1H3,(H,29,31)(H,30,32)/b28-17+. The smallest absolute Gasteiger partial charge is 0.329 e. The van der Waals surface area contributed by atoms with E-state index < -0.39 is 11.8 Å². The number of amides is 2. The Morgan fingerprint density at radius 1 is 0.824 bits per heavy atom. The van der Waals surface area contributed by atoms with E-state index in [4.69, 9.17) is 9.47 Å². The molecule has 7 nitrogen and oxygen atoms in total. The van der Waals surface area contributed by atoms with Crippen molar-refractivity contribution in [2.75, 3.05) is 12.4 Å². The minimum Gasteiger partial charge on any atom is -0.497 e. The third-order valence-corrected chi connectivity index (χ3v) is 5.09. The number of hydrazone groups is 1. The van der Waals surface area contributed by atoms with Crippen LogP contribution in [0.1, 0.15) is 11.1 Å². The highest BCUT2D eigenvalue weighted by Gasteiger charge is 2.12. The van der Waals surface area contributed by atoms with Crippen LogP contribution in [0.3, 0.4) is 0 Å². The molecular formula is C27H23N3O4. The molecule has 4 aromatic carbocycles. The van der Waals surface area contributed by atoms with Crippen molar-refractivity contribution in [3.63, 3.8) is 0 Å². The highest BCUT2D eigenvalue weighted by atomic mass is 16.5. The molecule has 0 aromatic heterocycles. The van der Waals surface area contributed by atoms with E-state index in [0.717, 1.165) is 11.1 Å². The maximum atomic E-state index is 12.0. The molecule has 0 fully saturated rings. The number of hydrogen-bond donors (Lipinski definition) is 2. The molecule has 2 N–H and O–H groups in total. The van der Waals surface area contributed by atoms with Gasteiger partial charge in [-0.15, -0.1) is 0 Å². The zero-order chi connectivity index (χ0) is 23.8. The van der Waals surface area contributed by atoms with Gasteiger partial charge in [0.25, 0.3) is 0 Å². The molecule has 170 valence electrons. The zero-order valence-corrected chi connectivity index (χ0v) is 18.5. The summed E-state index contributed by atoms with van der Waals surface area (Å²) in [6.45, 7) is 0.453. The number of fused-ring (bicyclic) bond motifs is 1. The number of nitrogens with one attached hydrogen (secondary N) is 2. The Kier molecular flexibility index (Phi) is 7.15. The molecular weight excluding hydrogens is 430 g/mol. The molecule has 0 radical (unpaired) electrons. The van der Waals surface area contributed by atoms with Crippen molar-refractivity contribution in [2.24, 2.45) is 5.10 Å². The molecule has 0 aliphatic rings. The van der Waals surface area contributed by atoms with Gasteiger partial charge < -0.3 is 14.8 Å². The number of anilines is 1. The van der Waals surface area contributed by atoms with Gasteiger partial charge in [-0.25, -0.2) is 5.43 Å². The number of nitrogens with zero attached hydrogens (tertiary/aromatic N) is 1. The topological polar surface area (TPSA) is 89.0 Å². The van der Waals surface area contributed by atoms with Crippen LogP contribution in [0.2, 0.25) is 0 Å². The van der Waals surface area contributed by atoms with Crippen LogP contribution in [0, 0.1) is 0 Å². The van der Waals surface area contributed by atoms with Crippen LogP contribution in [0.5, 0.6) is 11.5 Å². The summed E-state index contributed by atoms with van der Waals surface area (Å²) in [5, 5.41) is 8.68. The molecule has 4 aromatic rings. The van der Waals surface area contributed by atoms with Crippen molar-refractivity contribution in [3.05, 3.63) is 102 Å². The van der Waals surface area contributed by atoms with Crippen LogP contribution in [-0.2, 0) is 16.2 Å². The second-order valence-corrected chi connectivity index (χ2v) is 7.38. The molecule has 34 heavy (non-hydrogen) atoms. The predicted octanol–water partition coefficient (Wildman–Crippen LogP) is 4.52. The van der Waals surface area contributed by atoms with Crippen molar-refractivity contribution in [1.82, 2.24) is 5.43 Å². The van der Waals surface area contributed by atoms with Gasteiger partial charge in [0, 0.05) is 5.69 Å². The van der Waals surface area contributed by atoms with E-state index in [1.165, 1.54) is 17.0 Å². The summed E-state index contributed by atoms with van der Waals surface area (Å²) in [5.74, 6) is -0.327. The summed E-state index contributed by atoms with van der Waals surface area (Å²) in [4.78, 5) is 23.9. The van der Waals surface area contributed by atoms with Crippen molar-refractivity contribution in [2.45, 2.75) is 6.61 Å². The molecule has 0 bridgehead atoms. The van der Waals surface area contributed by atoms with Crippen LogP contribution >= 0.6 is 0 Å². The first kappa shape index (κ1) is 22.5. The van der Waals surface area contributed by atoms with Gasteiger partial charge in [0.05, 0.1) is 13.3 Å². The molecule has 0 saturated carbocycles. The van der Waals surface area contributed by atoms with E-state index in [0.29, 0.717) is 23.8 Å². The highest BCUT2D eigenvalue weighted by Crippen LogP contribution is 2.21. The van der Waals surface area contributed by atoms with Gasteiger partial charge in [0.1, 0.15) is 18.1 Å². The van der Waals surface area contributed by atoms with Crippen LogP contribution in [0.25, 0.3) is 10.8 Å². The molecule has 0 heterocycles. The Hall–Kier alpha value is -4.65. The summed E-state index contributed by atoms with van der Waals surface area (Å²) in [6, 6.07) is 28.2. The van der Waals surface area contributed by atoms with Crippen molar-refractivity contribution >= 4 is 34.5 Å². The Morgan fingerprint density at radius 2 is 1.53 bits per heavy atom. The van der Waals surface area contributed by atoms with E-state index in [9.17, 15) is 9.59 Å². The molecule has 4 rings (SSSR count). The minimum atomic E-state index is -0.873. The van der Waals surface area contributed by atoms with Crippen LogP contribution in [-0.4, -0.2) is 25.1 Å². The molecule has 0 spiro atoms. The summed E-state index contributed by atoms with van der Waals surface area (Å²) < 4.78 is 11.0. The average molecular weight is 453 g/mol. The first-order valence-corrected chi connectivity index (χ1v) is 10.6. The van der Waals surface area contributed by atoms with Crippen LogP contribution < -0.4 is 20.2 Å². The molecule has 2 amide bonds. The lowest BCUT2D eigenvalue weighted by Crippen LogP contribution is -2.32. The second kappa shape index (κ2) is 10.8. The zero-order valence-electron chi connectivity index (χ0n) is 18.5. The third-order valence-electron chi connectivity index (χ3n) is 5.09. The number of methoxy groups -OCH3 is 1. The summed E-state index contributed by atoms with van der Waals surface area (Å²) >= 11 is 0. The van der Waals surface area contributed by atoms with E-state index in [1.807, 2.05) is 42.5 Å². The summed E-state index contributed by atoms with van der Waals surface area (Å²) in [5.41, 5.74) is 4.54. The van der Waals surface area contributed by atoms with Gasteiger partial charge in [0.15, 0.2) is 0 Å². The lowest BCUT2D eigenvalue weighted by molar-refractivity contribution is -0.136. The Balaban J connectivity index is 1.27. The van der Waals surface area contributed by atoms with E-state index in [1.54, 1.807) is 31.4 Å². The van der Waals surface area contributed by atoms with Crippen LogP contribution in [0.15, 0.2) is 96.1 Å². The lowest BCUT2D eigenvalue weighted by atomic mass is 10.1. The quantitative estimate of drug-likeness (QED) is 0.245. The number of ether oxygens (including phenoxy) is 2. The number of carbonyl (C=O) groups excluding carboxylic acids is 2. The first-order chi connectivity index (χ1) is 16.6. The van der Waals surface area contributed by atoms with Gasteiger partial charge in [-0.05, 0) is 70.4 Å². The number of carbonyl (C=O) groups is 2. The van der Waals surface area contributed by atoms with Gasteiger partial charge in [-0.3, -0.25) is 9.59 Å². The maximum Gasteiger partial charge on any atom is 0.329 e. The fourth-order valence-corrected chi connectivity index (χ4v) is 3.31. The SMILES string of the molecule is COc1ccc(NC(=O)C(=O)N/N=C/c2ccc(OCc3cccc4ccccc34)cc2)cc1. The van der Waals surface area contributed by atoms with Crippen LogP contribution in [0.4, 0.5) is 5.69 Å². The highest BCUT2D eigenvalue weighted by molar-refractivity contribution is 6.39. The second-order valence-electron chi connectivity index (χ2n) is 7.38. The van der Waals surface area contributed by atoms with Crippen molar-refractivity contribution < 1.29 is 19.1 Å². The van der Waals surface area contributed by atoms with E-state index in [2.05, 4.69) is 40.1 Å². The van der Waals surface area contributed by atoms with Gasteiger partial charge in [-0.2, -0.15) is 5.10 Å². The molecule has 0 atom stereocenters. The summed E-state index contributed by atoms with van der Waals surface area (Å²) in [7, 11) is 1.55. The monoisotopic (exact) mass is 453 g/mol. The third kappa shape index (κ3) is 5.77. The predicted molar refractivity (Wildman–Crippen MR) is 132 cm³/mol. The molecule has 7 heteroatoms. The maximum absolute atomic E-state index is 12.0. The molecule has 0 aliphatic carbocycles. The van der Waals surface area contributed by atoms with E-state index >= 15 is 0 Å². The van der Waals surface area contributed by atoms with Crippen molar-refractivity contribution in [3.8, 4) is 11.5 Å². The molecule has 0 unspecified atom stereocenters. The van der Waals surface area contributed by atoms with E-state index in [-0.39, 0.29) is 0 Å². The normalized spacial score (nSPS) is 10.7. The molecule has 0 aliphatic heterocycles. The Bertz CT molecular complexity index is 1310. The fourth-order valence-electron chi connectivity index (χ4n) is 3.31. The van der Waals surface area contributed by atoms with Gasteiger partial charge >= 0.3 is 11.8 Å². The number of hydrogen-bond acceptors (Lipinski definition) is 5. The first-order valence-electron chi connectivity index (χ1n) is 10.6. The lowest BCUT2D eigenvalue weighted by Gasteiger charge is -2.09. The average Bonchev–Trinajstić information content (AvgIpc) is 2.88. The molecule has 0 saturated heterocycles. The Morgan fingerprint density at radius 3 is 2.29 bits per heavy atom. The fraction of sp³-hybridized carbons (Fsp3) is 0.0741. The van der Waals surface area contributed by atoms with Crippen molar-refractivity contribution in [1.29, 1.82) is 0 Å². The summed E-state index contributed by atoms with van der Waals surface area (Å²) in [6.07, 6.45) is 1.45. The van der Waals surface area contributed by atoms with Gasteiger partial charge in [-0.1, -0.05) is 42.5 Å². The largest absolute Gasteiger partial charge is 0.497 e. The number of benzene rings is 4. The van der Waals surface area contributed by atoms with Gasteiger partial charge in [0.2, 0.25) is 0 Å².